The standard InChI is InChI=1S/C13H14N2S/c1-10-5-2-3-7-12(10)16-9-11-6-4-8-13(14)15-11/h2-8H,9H2,1H3,(H2,14,15). The molecule has 3 heteroatoms. The Bertz CT molecular complexity index is 483. The van der Waals surface area contributed by atoms with Gasteiger partial charge in [-0.2, -0.15) is 0 Å². The first kappa shape index (κ1) is 11.0. The fourth-order valence-corrected chi connectivity index (χ4v) is 2.38. The molecule has 2 nitrogen and oxygen atoms in total. The van der Waals surface area contributed by atoms with Crippen LogP contribution in [0.5, 0.6) is 0 Å². The van der Waals surface area contributed by atoms with E-state index in [1.165, 1.54) is 10.5 Å². The summed E-state index contributed by atoms with van der Waals surface area (Å²) in [6.07, 6.45) is 0. The Morgan fingerprint density at radius 1 is 1.12 bits per heavy atom. The van der Waals surface area contributed by atoms with Crippen LogP contribution in [-0.4, -0.2) is 4.98 Å². The van der Waals surface area contributed by atoms with Gasteiger partial charge in [-0.1, -0.05) is 24.3 Å². The van der Waals surface area contributed by atoms with Crippen molar-refractivity contribution in [1.29, 1.82) is 0 Å². The van der Waals surface area contributed by atoms with E-state index in [0.717, 1.165) is 11.4 Å². The summed E-state index contributed by atoms with van der Waals surface area (Å²) in [4.78, 5) is 5.57. The van der Waals surface area contributed by atoms with Crippen molar-refractivity contribution in [3.8, 4) is 0 Å². The molecule has 16 heavy (non-hydrogen) atoms. The fourth-order valence-electron chi connectivity index (χ4n) is 1.45. The van der Waals surface area contributed by atoms with Crippen molar-refractivity contribution in [3.63, 3.8) is 0 Å². The smallest absolute Gasteiger partial charge is 0.123 e. The number of hydrogen-bond acceptors (Lipinski definition) is 3. The zero-order valence-electron chi connectivity index (χ0n) is 9.18. The highest BCUT2D eigenvalue weighted by Gasteiger charge is 2.00. The highest BCUT2D eigenvalue weighted by molar-refractivity contribution is 7.98. The van der Waals surface area contributed by atoms with Gasteiger partial charge in [-0.05, 0) is 30.7 Å². The summed E-state index contributed by atoms with van der Waals surface area (Å²) >= 11 is 1.79. The molecule has 2 N–H and O–H groups in total. The summed E-state index contributed by atoms with van der Waals surface area (Å²) in [5.74, 6) is 1.44. The molecule has 0 aliphatic rings. The lowest BCUT2D eigenvalue weighted by Gasteiger charge is -2.05. The monoisotopic (exact) mass is 230 g/mol. The number of nitrogens with two attached hydrogens (primary N) is 1. The highest BCUT2D eigenvalue weighted by Crippen LogP contribution is 2.25. The van der Waals surface area contributed by atoms with Crippen LogP contribution >= 0.6 is 11.8 Å². The first-order valence-electron chi connectivity index (χ1n) is 5.15. The molecule has 0 amide bonds. The van der Waals surface area contributed by atoms with Crippen LogP contribution in [0.4, 0.5) is 5.82 Å². The van der Waals surface area contributed by atoms with Crippen LogP contribution in [0.2, 0.25) is 0 Å². The Morgan fingerprint density at radius 2 is 1.94 bits per heavy atom. The number of pyridine rings is 1. The summed E-state index contributed by atoms with van der Waals surface area (Å²) in [6.45, 7) is 2.12. The van der Waals surface area contributed by atoms with Gasteiger partial charge in [0.15, 0.2) is 0 Å². The molecule has 1 heterocycles. The van der Waals surface area contributed by atoms with E-state index in [9.17, 15) is 0 Å². The third kappa shape index (κ3) is 2.76. The van der Waals surface area contributed by atoms with Crippen LogP contribution in [0.15, 0.2) is 47.4 Å². The number of thioether (sulfide) groups is 1. The average Bonchev–Trinajstić information content (AvgIpc) is 2.28. The van der Waals surface area contributed by atoms with Crippen molar-refractivity contribution >= 4 is 17.6 Å². The lowest BCUT2D eigenvalue weighted by molar-refractivity contribution is 1.18. The number of anilines is 1. The van der Waals surface area contributed by atoms with Gasteiger partial charge in [0.2, 0.25) is 0 Å². The SMILES string of the molecule is Cc1ccccc1SCc1cccc(N)n1. The lowest BCUT2D eigenvalue weighted by atomic mass is 10.2. The molecule has 82 valence electrons. The number of rotatable bonds is 3. The second kappa shape index (κ2) is 5.03. The van der Waals surface area contributed by atoms with Gasteiger partial charge in [-0.3, -0.25) is 0 Å². The molecule has 0 aliphatic carbocycles. The molecule has 0 saturated carbocycles. The minimum Gasteiger partial charge on any atom is -0.384 e. The Hall–Kier alpha value is -1.48. The minimum atomic E-state index is 0.586. The summed E-state index contributed by atoms with van der Waals surface area (Å²) in [5.41, 5.74) is 7.96. The number of nitrogens with zero attached hydrogens (tertiary/aromatic N) is 1. The third-order valence-corrected chi connectivity index (χ3v) is 3.51. The first-order chi connectivity index (χ1) is 7.75. The van der Waals surface area contributed by atoms with Crippen molar-refractivity contribution in [1.82, 2.24) is 4.98 Å². The van der Waals surface area contributed by atoms with Crippen molar-refractivity contribution in [2.45, 2.75) is 17.6 Å². The van der Waals surface area contributed by atoms with Gasteiger partial charge < -0.3 is 5.73 Å². The molecule has 0 aliphatic heterocycles. The molecule has 0 unspecified atom stereocenters. The van der Waals surface area contributed by atoms with E-state index >= 15 is 0 Å². The number of benzene rings is 1. The molecule has 0 fully saturated rings. The second-order valence-electron chi connectivity index (χ2n) is 3.61. The quantitative estimate of drug-likeness (QED) is 0.822. The van der Waals surface area contributed by atoms with Crippen molar-refractivity contribution in [3.05, 3.63) is 53.7 Å². The van der Waals surface area contributed by atoms with E-state index in [0.29, 0.717) is 5.82 Å². The molecule has 0 atom stereocenters. The molecular weight excluding hydrogens is 216 g/mol. The maximum atomic E-state index is 5.64. The van der Waals surface area contributed by atoms with E-state index in [4.69, 9.17) is 5.73 Å². The van der Waals surface area contributed by atoms with Gasteiger partial charge in [0, 0.05) is 10.6 Å². The molecule has 2 rings (SSSR count). The first-order valence-corrected chi connectivity index (χ1v) is 6.14. The molecule has 2 aromatic rings. The fraction of sp³-hybridized carbons (Fsp3) is 0.154. The van der Waals surface area contributed by atoms with Crippen molar-refractivity contribution in [2.24, 2.45) is 0 Å². The molecular formula is C13H14N2S. The molecule has 0 bridgehead atoms. The van der Waals surface area contributed by atoms with E-state index < -0.39 is 0 Å². The van der Waals surface area contributed by atoms with Crippen molar-refractivity contribution in [2.75, 3.05) is 5.73 Å². The van der Waals surface area contributed by atoms with E-state index in [1.54, 1.807) is 11.8 Å². The predicted octanol–water partition coefficient (Wildman–Crippen LogP) is 3.26. The van der Waals surface area contributed by atoms with Gasteiger partial charge in [0.1, 0.15) is 5.82 Å². The van der Waals surface area contributed by atoms with E-state index in [-0.39, 0.29) is 0 Å². The molecule has 0 spiro atoms. The number of hydrogen-bond donors (Lipinski definition) is 1. The van der Waals surface area contributed by atoms with Gasteiger partial charge >= 0.3 is 0 Å². The second-order valence-corrected chi connectivity index (χ2v) is 4.63. The molecule has 1 aromatic carbocycles. The maximum Gasteiger partial charge on any atom is 0.123 e. The van der Waals surface area contributed by atoms with Crippen LogP contribution in [0, 0.1) is 6.92 Å². The van der Waals surface area contributed by atoms with Crippen molar-refractivity contribution < 1.29 is 0 Å². The van der Waals surface area contributed by atoms with E-state index in [2.05, 4.69) is 36.2 Å². The molecule has 0 saturated heterocycles. The van der Waals surface area contributed by atoms with Crippen LogP contribution in [0.1, 0.15) is 11.3 Å². The van der Waals surface area contributed by atoms with Crippen LogP contribution in [0.25, 0.3) is 0 Å². The largest absolute Gasteiger partial charge is 0.384 e. The summed E-state index contributed by atoms with van der Waals surface area (Å²) in [6, 6.07) is 14.1. The van der Waals surface area contributed by atoms with Gasteiger partial charge in [-0.25, -0.2) is 4.98 Å². The Labute approximate surface area is 99.9 Å². The van der Waals surface area contributed by atoms with Crippen LogP contribution in [-0.2, 0) is 5.75 Å². The lowest BCUT2D eigenvalue weighted by Crippen LogP contribution is -1.93. The highest BCUT2D eigenvalue weighted by atomic mass is 32.2. The van der Waals surface area contributed by atoms with Gasteiger partial charge in [-0.15, -0.1) is 11.8 Å². The summed E-state index contributed by atoms with van der Waals surface area (Å²) in [5, 5.41) is 0. The number of nitrogen functional groups attached to an aromatic ring is 1. The molecule has 0 radical (unpaired) electrons. The Balaban J connectivity index is 2.05. The normalized spacial score (nSPS) is 10.3. The van der Waals surface area contributed by atoms with Crippen LogP contribution < -0.4 is 5.73 Å². The third-order valence-electron chi connectivity index (χ3n) is 2.30. The van der Waals surface area contributed by atoms with Crippen LogP contribution in [0.3, 0.4) is 0 Å². The Morgan fingerprint density at radius 3 is 2.69 bits per heavy atom. The number of aryl methyl sites for hydroxylation is 1. The van der Waals surface area contributed by atoms with Gasteiger partial charge in [0.05, 0.1) is 5.69 Å². The summed E-state index contributed by atoms with van der Waals surface area (Å²) in [7, 11) is 0. The summed E-state index contributed by atoms with van der Waals surface area (Å²) < 4.78 is 0. The topological polar surface area (TPSA) is 38.9 Å². The Kier molecular flexibility index (Phi) is 3.47. The van der Waals surface area contributed by atoms with Gasteiger partial charge in [0.25, 0.3) is 0 Å². The average molecular weight is 230 g/mol. The number of aromatic nitrogens is 1. The maximum absolute atomic E-state index is 5.64. The zero-order valence-corrected chi connectivity index (χ0v) is 10.00. The molecule has 1 aromatic heterocycles. The predicted molar refractivity (Wildman–Crippen MR) is 69.4 cm³/mol. The van der Waals surface area contributed by atoms with E-state index in [1.807, 2.05) is 18.2 Å². The zero-order chi connectivity index (χ0) is 11.4. The minimum absolute atomic E-state index is 0.586.